The predicted octanol–water partition coefficient (Wildman–Crippen LogP) is 2.72. The van der Waals surface area contributed by atoms with E-state index < -0.39 is 12.0 Å². The number of H-pyrrole nitrogens is 1. The molecule has 2 aromatic heterocycles. The van der Waals surface area contributed by atoms with E-state index in [9.17, 15) is 9.90 Å². The first kappa shape index (κ1) is 14.3. The number of carboxylic acid groups (broad SMARTS) is 1. The van der Waals surface area contributed by atoms with Crippen LogP contribution in [-0.2, 0) is 11.3 Å². The topological polar surface area (TPSA) is 82.4 Å². The lowest BCUT2D eigenvalue weighted by atomic mass is 10.1. The van der Waals surface area contributed by atoms with E-state index in [1.54, 1.807) is 18.0 Å². The first-order valence-electron chi connectivity index (χ1n) is 6.97. The number of benzene rings is 1. The second kappa shape index (κ2) is 5.65. The van der Waals surface area contributed by atoms with Crippen LogP contribution in [0.3, 0.4) is 0 Å². The highest BCUT2D eigenvalue weighted by Crippen LogP contribution is 2.28. The van der Waals surface area contributed by atoms with Crippen molar-refractivity contribution in [1.82, 2.24) is 15.1 Å². The molecule has 0 unspecified atom stereocenters. The van der Waals surface area contributed by atoms with Crippen LogP contribution in [0.2, 0.25) is 0 Å². The summed E-state index contributed by atoms with van der Waals surface area (Å²) in [5.74, 6) is -0.530. The van der Waals surface area contributed by atoms with Gasteiger partial charge in [0.15, 0.2) is 6.04 Å². The molecule has 0 aliphatic carbocycles. The fourth-order valence-electron chi connectivity index (χ4n) is 2.57. The Morgan fingerprint density at radius 2 is 2.18 bits per heavy atom. The first-order valence-corrected chi connectivity index (χ1v) is 6.97. The Morgan fingerprint density at radius 1 is 1.41 bits per heavy atom. The number of aromatic nitrogens is 2. The van der Waals surface area contributed by atoms with E-state index in [-0.39, 0.29) is 0 Å². The Labute approximate surface area is 127 Å². The number of furan rings is 1. The molecule has 3 rings (SSSR count). The van der Waals surface area contributed by atoms with Crippen LogP contribution in [0.15, 0.2) is 40.8 Å². The van der Waals surface area contributed by atoms with Gasteiger partial charge in [-0.15, -0.1) is 0 Å². The lowest BCUT2D eigenvalue weighted by Crippen LogP contribution is -2.30. The third-order valence-electron chi connectivity index (χ3n) is 3.56. The molecular formula is C16H17N3O3. The average molecular weight is 299 g/mol. The number of hydrogen-bond donors (Lipinski definition) is 2. The molecule has 0 amide bonds. The largest absolute Gasteiger partial charge is 0.480 e. The first-order chi connectivity index (χ1) is 10.5. The van der Waals surface area contributed by atoms with E-state index >= 15 is 0 Å². The normalized spacial score (nSPS) is 12.9. The van der Waals surface area contributed by atoms with Crippen molar-refractivity contribution < 1.29 is 14.3 Å². The van der Waals surface area contributed by atoms with Crippen LogP contribution in [0.25, 0.3) is 11.0 Å². The summed E-state index contributed by atoms with van der Waals surface area (Å²) in [7, 11) is 1.75. The van der Waals surface area contributed by atoms with Crippen LogP contribution in [-0.4, -0.2) is 33.2 Å². The second-order valence-corrected chi connectivity index (χ2v) is 5.38. The number of hydrogen-bond acceptors (Lipinski definition) is 4. The summed E-state index contributed by atoms with van der Waals surface area (Å²) in [6.45, 7) is 2.32. The van der Waals surface area contributed by atoms with E-state index in [4.69, 9.17) is 4.42 Å². The van der Waals surface area contributed by atoms with Crippen LogP contribution in [0.1, 0.15) is 23.2 Å². The van der Waals surface area contributed by atoms with Gasteiger partial charge in [-0.3, -0.25) is 14.8 Å². The molecule has 114 valence electrons. The lowest BCUT2D eigenvalue weighted by molar-refractivity contribution is -0.143. The van der Waals surface area contributed by atoms with Crippen molar-refractivity contribution in [2.24, 2.45) is 0 Å². The molecule has 6 nitrogen and oxygen atoms in total. The molecule has 2 N–H and O–H groups in total. The highest BCUT2D eigenvalue weighted by Gasteiger charge is 2.28. The van der Waals surface area contributed by atoms with Gasteiger partial charge in [0.1, 0.15) is 11.3 Å². The van der Waals surface area contributed by atoms with E-state index in [2.05, 4.69) is 10.2 Å². The second-order valence-electron chi connectivity index (χ2n) is 5.38. The zero-order chi connectivity index (χ0) is 15.7. The number of carboxylic acids is 1. The van der Waals surface area contributed by atoms with Crippen LogP contribution in [0.4, 0.5) is 0 Å². The van der Waals surface area contributed by atoms with Gasteiger partial charge in [0.05, 0.1) is 5.69 Å². The van der Waals surface area contributed by atoms with E-state index in [0.29, 0.717) is 17.9 Å². The van der Waals surface area contributed by atoms with Gasteiger partial charge in [-0.1, -0.05) is 18.2 Å². The molecule has 3 aromatic rings. The number of nitrogens with zero attached hydrogens (tertiary/aromatic N) is 2. The van der Waals surface area contributed by atoms with E-state index in [1.807, 2.05) is 37.3 Å². The van der Waals surface area contributed by atoms with Crippen molar-refractivity contribution in [3.05, 3.63) is 53.5 Å². The molecule has 0 bridgehead atoms. The summed E-state index contributed by atoms with van der Waals surface area (Å²) >= 11 is 0. The third-order valence-corrected chi connectivity index (χ3v) is 3.56. The van der Waals surface area contributed by atoms with Gasteiger partial charge < -0.3 is 9.52 Å². The summed E-state index contributed by atoms with van der Waals surface area (Å²) in [6, 6.07) is 10.3. The molecule has 22 heavy (non-hydrogen) atoms. The smallest absolute Gasteiger partial charge is 0.328 e. The number of aromatic amines is 1. The molecule has 1 atom stereocenters. The van der Waals surface area contributed by atoms with Gasteiger partial charge in [-0.05, 0) is 32.2 Å². The Balaban J connectivity index is 1.89. The minimum absolute atomic E-state index is 0.415. The number of carbonyl (C=O) groups is 1. The maximum Gasteiger partial charge on any atom is 0.328 e. The van der Waals surface area contributed by atoms with Gasteiger partial charge in [0, 0.05) is 17.6 Å². The number of fused-ring (bicyclic) bond motifs is 1. The average Bonchev–Trinajstić information content (AvgIpc) is 3.04. The summed E-state index contributed by atoms with van der Waals surface area (Å²) in [6.07, 6.45) is 0. The molecule has 0 aliphatic heterocycles. The molecule has 0 saturated heterocycles. The highest BCUT2D eigenvalue weighted by molar-refractivity contribution is 5.81. The van der Waals surface area contributed by atoms with Crippen molar-refractivity contribution in [2.75, 3.05) is 7.05 Å². The Morgan fingerprint density at radius 3 is 2.82 bits per heavy atom. The van der Waals surface area contributed by atoms with Crippen LogP contribution in [0.5, 0.6) is 0 Å². The standard InChI is InChI=1S/C16H17N3O3/c1-10-7-12(18-17-10)9-19(2)15(16(20)21)14-8-11-5-3-4-6-13(11)22-14/h3-8,15H,9H2,1-2H3,(H,17,18)(H,20,21)/t15-/m0/s1. The maximum absolute atomic E-state index is 11.7. The molecule has 0 fully saturated rings. The molecule has 0 spiro atoms. The molecule has 0 aliphatic rings. The zero-order valence-corrected chi connectivity index (χ0v) is 12.4. The van der Waals surface area contributed by atoms with E-state index in [0.717, 1.165) is 16.8 Å². The van der Waals surface area contributed by atoms with Gasteiger partial charge in [-0.2, -0.15) is 5.10 Å². The maximum atomic E-state index is 11.7. The molecule has 0 saturated carbocycles. The molecule has 2 heterocycles. The number of para-hydroxylation sites is 1. The highest BCUT2D eigenvalue weighted by atomic mass is 16.4. The SMILES string of the molecule is Cc1cc(CN(C)[C@H](C(=O)O)c2cc3ccccc3o2)n[nH]1. The summed E-state index contributed by atoms with van der Waals surface area (Å²) in [5, 5.41) is 17.5. The van der Waals surface area contributed by atoms with Crippen LogP contribution >= 0.6 is 0 Å². The quantitative estimate of drug-likeness (QED) is 0.757. The predicted molar refractivity (Wildman–Crippen MR) is 81.4 cm³/mol. The summed E-state index contributed by atoms with van der Waals surface area (Å²) < 4.78 is 5.70. The molecular weight excluding hydrogens is 282 g/mol. The number of nitrogens with one attached hydrogen (secondary N) is 1. The third kappa shape index (κ3) is 2.73. The van der Waals surface area contributed by atoms with Gasteiger partial charge in [0.2, 0.25) is 0 Å². The summed E-state index contributed by atoms with van der Waals surface area (Å²) in [5.41, 5.74) is 2.43. The summed E-state index contributed by atoms with van der Waals surface area (Å²) in [4.78, 5) is 13.4. The Kier molecular flexibility index (Phi) is 3.68. The van der Waals surface area contributed by atoms with Crippen molar-refractivity contribution in [1.29, 1.82) is 0 Å². The minimum Gasteiger partial charge on any atom is -0.480 e. The minimum atomic E-state index is -0.950. The monoisotopic (exact) mass is 299 g/mol. The van der Waals surface area contributed by atoms with Crippen molar-refractivity contribution >= 4 is 16.9 Å². The molecule has 0 radical (unpaired) electrons. The van der Waals surface area contributed by atoms with Crippen molar-refractivity contribution in [3.63, 3.8) is 0 Å². The number of likely N-dealkylation sites (N-methyl/N-ethyl adjacent to an activating group) is 1. The van der Waals surface area contributed by atoms with Gasteiger partial charge >= 0.3 is 5.97 Å². The van der Waals surface area contributed by atoms with E-state index in [1.165, 1.54) is 0 Å². The number of aryl methyl sites for hydroxylation is 1. The van der Waals surface area contributed by atoms with Crippen molar-refractivity contribution in [2.45, 2.75) is 19.5 Å². The van der Waals surface area contributed by atoms with Crippen LogP contribution < -0.4 is 0 Å². The molecule has 6 heteroatoms. The lowest BCUT2D eigenvalue weighted by Gasteiger charge is -2.21. The zero-order valence-electron chi connectivity index (χ0n) is 12.4. The van der Waals surface area contributed by atoms with Gasteiger partial charge in [0.25, 0.3) is 0 Å². The van der Waals surface area contributed by atoms with Gasteiger partial charge in [-0.25, -0.2) is 0 Å². The Hall–Kier alpha value is -2.60. The fourth-order valence-corrected chi connectivity index (χ4v) is 2.57. The fraction of sp³-hybridized carbons (Fsp3) is 0.250. The number of rotatable bonds is 5. The number of aliphatic carboxylic acids is 1. The Bertz CT molecular complexity index is 773. The molecule has 1 aromatic carbocycles. The van der Waals surface area contributed by atoms with Crippen LogP contribution in [0, 0.1) is 6.92 Å². The van der Waals surface area contributed by atoms with Crippen molar-refractivity contribution in [3.8, 4) is 0 Å².